The van der Waals surface area contributed by atoms with Gasteiger partial charge in [0.15, 0.2) is 0 Å². The van der Waals surface area contributed by atoms with Gasteiger partial charge in [-0.1, -0.05) is 11.6 Å². The van der Waals surface area contributed by atoms with Crippen LogP contribution >= 0.6 is 11.6 Å². The van der Waals surface area contributed by atoms with Crippen molar-refractivity contribution in [3.8, 4) is 0 Å². The van der Waals surface area contributed by atoms with E-state index >= 15 is 0 Å². The second-order valence-corrected chi connectivity index (χ2v) is 5.32. The van der Waals surface area contributed by atoms with Gasteiger partial charge in [0, 0.05) is 24.5 Å². The molecule has 78 valence electrons. The molecule has 0 spiro atoms. The number of hydrogen-bond acceptors (Lipinski definition) is 2. The molecular weight excluding hydrogens is 198 g/mol. The van der Waals surface area contributed by atoms with Gasteiger partial charge in [0.25, 0.3) is 0 Å². The summed E-state index contributed by atoms with van der Waals surface area (Å²) < 4.78 is 1.22. The second-order valence-electron chi connectivity index (χ2n) is 5.07. The summed E-state index contributed by atoms with van der Waals surface area (Å²) >= 11 is 5.62. The summed E-state index contributed by atoms with van der Waals surface area (Å²) in [5.41, 5.74) is 1.67. The Morgan fingerprint density at radius 1 is 1.29 bits per heavy atom. The fraction of sp³-hybridized carbons (Fsp3) is 0.800. The standard InChI is InChI=1S/C10H17ClN3/c11-2-1-3-14-6-10-4-12(8-14)7-13(5-10)9-14/h1-2,10H,3-9H2/q+1. The van der Waals surface area contributed by atoms with E-state index in [1.54, 1.807) is 5.54 Å². The Labute approximate surface area is 90.1 Å². The number of quaternary nitrogens is 1. The summed E-state index contributed by atoms with van der Waals surface area (Å²) in [6.45, 7) is 8.76. The molecule has 0 aromatic carbocycles. The van der Waals surface area contributed by atoms with E-state index in [2.05, 4.69) is 15.9 Å². The first kappa shape index (κ1) is 9.16. The predicted octanol–water partition coefficient (Wildman–Crippen LogP) is 0.689. The Kier molecular flexibility index (Phi) is 2.10. The van der Waals surface area contributed by atoms with Gasteiger partial charge in [0.1, 0.15) is 19.9 Å². The van der Waals surface area contributed by atoms with Crippen LogP contribution in [0.2, 0.25) is 0 Å². The van der Waals surface area contributed by atoms with Gasteiger partial charge >= 0.3 is 0 Å². The Balaban J connectivity index is 1.80. The molecule has 0 aromatic rings. The first-order valence-corrected chi connectivity index (χ1v) is 5.78. The largest absolute Gasteiger partial charge is 0.295 e. The highest BCUT2D eigenvalue weighted by molar-refractivity contribution is 6.25. The fourth-order valence-electron chi connectivity index (χ4n) is 3.52. The van der Waals surface area contributed by atoms with Crippen molar-refractivity contribution in [2.45, 2.75) is 0 Å². The van der Waals surface area contributed by atoms with Crippen molar-refractivity contribution < 1.29 is 4.48 Å². The number of hydrogen-bond donors (Lipinski definition) is 0. The molecule has 3 nitrogen and oxygen atoms in total. The Morgan fingerprint density at radius 2 is 2.00 bits per heavy atom. The van der Waals surface area contributed by atoms with Crippen LogP contribution in [0.15, 0.2) is 11.6 Å². The summed E-state index contributed by atoms with van der Waals surface area (Å²) in [4.78, 5) is 5.17. The first-order valence-electron chi connectivity index (χ1n) is 5.35. The molecule has 0 saturated carbocycles. The van der Waals surface area contributed by atoms with Crippen molar-refractivity contribution in [3.63, 3.8) is 0 Å². The van der Waals surface area contributed by atoms with Crippen molar-refractivity contribution >= 4 is 11.6 Å². The SMILES string of the molecule is ClC=CC[N+]12CC3CN(CN(C3)C1)C2. The molecule has 0 aliphatic carbocycles. The van der Waals surface area contributed by atoms with E-state index in [0.29, 0.717) is 0 Å². The highest BCUT2D eigenvalue weighted by Crippen LogP contribution is 2.31. The van der Waals surface area contributed by atoms with Gasteiger partial charge in [0.05, 0.1) is 13.2 Å². The van der Waals surface area contributed by atoms with Gasteiger partial charge in [0.2, 0.25) is 0 Å². The van der Waals surface area contributed by atoms with E-state index in [-0.39, 0.29) is 0 Å². The summed E-state index contributed by atoms with van der Waals surface area (Å²) in [6, 6.07) is 0. The van der Waals surface area contributed by atoms with E-state index in [4.69, 9.17) is 11.6 Å². The molecule has 4 bridgehead atoms. The second kappa shape index (κ2) is 3.20. The monoisotopic (exact) mass is 214 g/mol. The topological polar surface area (TPSA) is 6.48 Å². The zero-order valence-corrected chi connectivity index (χ0v) is 9.16. The number of nitrogens with zero attached hydrogens (tertiary/aromatic N) is 3. The van der Waals surface area contributed by atoms with E-state index in [0.717, 1.165) is 12.5 Å². The van der Waals surface area contributed by atoms with Crippen LogP contribution in [0.3, 0.4) is 0 Å². The maximum absolute atomic E-state index is 5.62. The summed E-state index contributed by atoms with van der Waals surface area (Å²) in [7, 11) is 0. The van der Waals surface area contributed by atoms with Crippen LogP contribution in [0.1, 0.15) is 0 Å². The highest BCUT2D eigenvalue weighted by Gasteiger charge is 2.48. The molecule has 4 heterocycles. The lowest BCUT2D eigenvalue weighted by Crippen LogP contribution is -2.76. The van der Waals surface area contributed by atoms with Gasteiger partial charge in [-0.25, -0.2) is 9.80 Å². The minimum atomic E-state index is 0.898. The van der Waals surface area contributed by atoms with Crippen LogP contribution in [0.5, 0.6) is 0 Å². The lowest BCUT2D eigenvalue weighted by molar-refractivity contribution is -0.965. The molecule has 4 saturated heterocycles. The molecule has 0 aromatic heterocycles. The maximum atomic E-state index is 5.62. The van der Waals surface area contributed by atoms with Crippen molar-refractivity contribution in [1.82, 2.24) is 9.80 Å². The molecule has 0 N–H and O–H groups in total. The van der Waals surface area contributed by atoms with Crippen LogP contribution in [0.4, 0.5) is 0 Å². The van der Waals surface area contributed by atoms with Crippen molar-refractivity contribution in [2.24, 2.45) is 5.92 Å². The van der Waals surface area contributed by atoms with E-state index in [9.17, 15) is 0 Å². The van der Waals surface area contributed by atoms with Gasteiger partial charge < -0.3 is 0 Å². The van der Waals surface area contributed by atoms with E-state index < -0.39 is 0 Å². The average molecular weight is 215 g/mol. The van der Waals surface area contributed by atoms with Crippen LogP contribution in [-0.4, -0.2) is 60.5 Å². The molecule has 0 amide bonds. The molecule has 2 atom stereocenters. The van der Waals surface area contributed by atoms with Crippen LogP contribution in [-0.2, 0) is 0 Å². The number of halogens is 1. The van der Waals surface area contributed by atoms with Gasteiger partial charge in [-0.3, -0.25) is 4.48 Å². The maximum Gasteiger partial charge on any atom is 0.137 e. The average Bonchev–Trinajstić information content (AvgIpc) is 2.12. The van der Waals surface area contributed by atoms with Gasteiger partial charge in [-0.2, -0.15) is 0 Å². The molecule has 4 fully saturated rings. The van der Waals surface area contributed by atoms with Crippen molar-refractivity contribution in [1.29, 1.82) is 0 Å². The number of rotatable bonds is 2. The molecule has 4 aliphatic rings. The van der Waals surface area contributed by atoms with Crippen molar-refractivity contribution in [2.75, 3.05) is 46.2 Å². The molecule has 2 unspecified atom stereocenters. The molecular formula is C10H17ClN3+. The molecule has 4 aliphatic heterocycles. The normalized spacial score (nSPS) is 50.5. The predicted molar refractivity (Wildman–Crippen MR) is 56.5 cm³/mol. The summed E-state index contributed by atoms with van der Waals surface area (Å²) in [5.74, 6) is 0.898. The third kappa shape index (κ3) is 1.39. The minimum absolute atomic E-state index is 0.898. The Morgan fingerprint density at radius 3 is 2.57 bits per heavy atom. The van der Waals surface area contributed by atoms with Crippen molar-refractivity contribution in [3.05, 3.63) is 11.6 Å². The molecule has 0 radical (unpaired) electrons. The lowest BCUT2D eigenvalue weighted by Gasteiger charge is -2.59. The van der Waals surface area contributed by atoms with Gasteiger partial charge in [-0.05, 0) is 6.08 Å². The fourth-order valence-corrected chi connectivity index (χ4v) is 3.60. The summed E-state index contributed by atoms with van der Waals surface area (Å²) in [5, 5.41) is 0. The Bertz CT molecular complexity index is 229. The third-order valence-corrected chi connectivity index (χ3v) is 3.84. The lowest BCUT2D eigenvalue weighted by atomic mass is 9.98. The van der Waals surface area contributed by atoms with Gasteiger partial charge in [-0.15, -0.1) is 0 Å². The van der Waals surface area contributed by atoms with E-state index in [1.807, 2.05) is 0 Å². The van der Waals surface area contributed by atoms with E-state index in [1.165, 1.54) is 44.1 Å². The Hall–Kier alpha value is -0.0900. The summed E-state index contributed by atoms with van der Waals surface area (Å²) in [6.07, 6.45) is 2.11. The molecule has 4 heteroatoms. The molecule has 4 rings (SSSR count). The highest BCUT2D eigenvalue weighted by atomic mass is 35.5. The van der Waals surface area contributed by atoms with Crippen LogP contribution < -0.4 is 0 Å². The smallest absolute Gasteiger partial charge is 0.137 e. The van der Waals surface area contributed by atoms with Crippen LogP contribution in [0, 0.1) is 5.92 Å². The minimum Gasteiger partial charge on any atom is -0.295 e. The zero-order valence-electron chi connectivity index (χ0n) is 8.40. The molecule has 14 heavy (non-hydrogen) atoms. The zero-order chi connectivity index (χ0) is 9.60. The van der Waals surface area contributed by atoms with Crippen LogP contribution in [0.25, 0.3) is 0 Å². The quantitative estimate of drug-likeness (QED) is 0.625. The first-order chi connectivity index (χ1) is 6.80. The third-order valence-electron chi connectivity index (χ3n) is 3.66.